The Morgan fingerprint density at radius 1 is 1.19 bits per heavy atom. The van der Waals surface area contributed by atoms with E-state index >= 15 is 0 Å². The van der Waals surface area contributed by atoms with Crippen LogP contribution in [0, 0.1) is 5.92 Å². The largest absolute Gasteiger partial charge is 0.388 e. The van der Waals surface area contributed by atoms with Gasteiger partial charge < -0.3 is 14.6 Å². The first-order chi connectivity index (χ1) is 7.84. The fraction of sp³-hybridized carbons (Fsp3) is 0.385. The molecule has 0 amide bonds. The minimum Gasteiger partial charge on any atom is -0.388 e. The molecule has 1 saturated heterocycles. The lowest BCUT2D eigenvalue weighted by Gasteiger charge is -2.27. The van der Waals surface area contributed by atoms with Crippen LogP contribution in [0.4, 0.5) is 0 Å². The monoisotopic (exact) mass is 218 g/mol. The molecule has 2 heterocycles. The van der Waals surface area contributed by atoms with Crippen LogP contribution in [-0.4, -0.2) is 24.1 Å². The van der Waals surface area contributed by atoms with Crippen LogP contribution < -0.4 is 0 Å². The SMILES string of the molecule is O[C@H](c1ccccc1)[C@H]1C=C[C@@H]2CO[C@H]1O2. The minimum atomic E-state index is -0.568. The molecular formula is C13H14O3. The third-order valence-corrected chi connectivity index (χ3v) is 3.10. The third-order valence-electron chi connectivity index (χ3n) is 3.10. The van der Waals surface area contributed by atoms with Gasteiger partial charge in [0.2, 0.25) is 0 Å². The summed E-state index contributed by atoms with van der Waals surface area (Å²) in [6.45, 7) is 0.596. The molecule has 16 heavy (non-hydrogen) atoms. The highest BCUT2D eigenvalue weighted by Gasteiger charge is 2.38. The highest BCUT2D eigenvalue weighted by Crippen LogP contribution is 2.34. The summed E-state index contributed by atoms with van der Waals surface area (Å²) >= 11 is 0. The van der Waals surface area contributed by atoms with Gasteiger partial charge in [0.1, 0.15) is 6.10 Å². The van der Waals surface area contributed by atoms with Crippen LogP contribution in [0.15, 0.2) is 42.5 Å². The van der Waals surface area contributed by atoms with Crippen LogP contribution in [0.3, 0.4) is 0 Å². The quantitative estimate of drug-likeness (QED) is 0.767. The summed E-state index contributed by atoms with van der Waals surface area (Å²) < 4.78 is 11.1. The predicted molar refractivity (Wildman–Crippen MR) is 58.6 cm³/mol. The maximum atomic E-state index is 10.3. The van der Waals surface area contributed by atoms with Crippen LogP contribution in [0.25, 0.3) is 0 Å². The van der Waals surface area contributed by atoms with Gasteiger partial charge in [0.25, 0.3) is 0 Å². The fourth-order valence-corrected chi connectivity index (χ4v) is 2.21. The number of ether oxygens (including phenoxy) is 2. The van der Waals surface area contributed by atoms with Crippen molar-refractivity contribution < 1.29 is 14.6 Å². The van der Waals surface area contributed by atoms with Gasteiger partial charge in [0, 0.05) is 0 Å². The molecule has 84 valence electrons. The zero-order valence-electron chi connectivity index (χ0n) is 8.82. The van der Waals surface area contributed by atoms with E-state index in [2.05, 4.69) is 0 Å². The van der Waals surface area contributed by atoms with Gasteiger partial charge in [-0.3, -0.25) is 0 Å². The molecule has 3 heteroatoms. The van der Waals surface area contributed by atoms with E-state index in [1.807, 2.05) is 42.5 Å². The maximum absolute atomic E-state index is 10.3. The van der Waals surface area contributed by atoms with Crippen molar-refractivity contribution in [2.24, 2.45) is 5.92 Å². The number of fused-ring (bicyclic) bond motifs is 2. The number of benzene rings is 1. The van der Waals surface area contributed by atoms with Gasteiger partial charge in [-0.15, -0.1) is 0 Å². The van der Waals surface area contributed by atoms with Crippen LogP contribution in [0.2, 0.25) is 0 Å². The summed E-state index contributed by atoms with van der Waals surface area (Å²) in [5.74, 6) is -0.110. The number of aliphatic hydroxyl groups excluding tert-OH is 1. The molecule has 0 unspecified atom stereocenters. The summed E-state index contributed by atoms with van der Waals surface area (Å²) in [5, 5.41) is 10.3. The van der Waals surface area contributed by atoms with E-state index in [9.17, 15) is 5.11 Å². The van der Waals surface area contributed by atoms with Crippen LogP contribution >= 0.6 is 0 Å². The first kappa shape index (κ1) is 10.0. The van der Waals surface area contributed by atoms with Crippen LogP contribution in [0.1, 0.15) is 11.7 Å². The van der Waals surface area contributed by atoms with Gasteiger partial charge in [-0.25, -0.2) is 0 Å². The lowest BCUT2D eigenvalue weighted by Crippen LogP contribution is -2.29. The summed E-state index contributed by atoms with van der Waals surface area (Å²) in [6, 6.07) is 9.61. The van der Waals surface area contributed by atoms with Crippen molar-refractivity contribution in [3.05, 3.63) is 48.0 Å². The van der Waals surface area contributed by atoms with Crippen molar-refractivity contribution in [1.29, 1.82) is 0 Å². The molecule has 1 aromatic rings. The van der Waals surface area contributed by atoms with E-state index < -0.39 is 6.10 Å². The predicted octanol–water partition coefficient (Wildman–Crippen LogP) is 1.65. The molecule has 3 rings (SSSR count). The average molecular weight is 218 g/mol. The van der Waals surface area contributed by atoms with Crippen molar-refractivity contribution in [3.8, 4) is 0 Å². The maximum Gasteiger partial charge on any atom is 0.167 e. The Morgan fingerprint density at radius 3 is 2.81 bits per heavy atom. The molecule has 0 spiro atoms. The number of hydrogen-bond acceptors (Lipinski definition) is 3. The van der Waals surface area contributed by atoms with Crippen LogP contribution in [0.5, 0.6) is 0 Å². The van der Waals surface area contributed by atoms with Crippen molar-refractivity contribution in [2.75, 3.05) is 6.61 Å². The topological polar surface area (TPSA) is 38.7 Å². The molecule has 0 saturated carbocycles. The molecular weight excluding hydrogens is 204 g/mol. The highest BCUT2D eigenvalue weighted by molar-refractivity contribution is 5.20. The Labute approximate surface area is 94.3 Å². The van der Waals surface area contributed by atoms with Crippen molar-refractivity contribution in [1.82, 2.24) is 0 Å². The van der Waals surface area contributed by atoms with E-state index in [0.717, 1.165) is 5.56 Å². The van der Waals surface area contributed by atoms with Gasteiger partial charge >= 0.3 is 0 Å². The lowest BCUT2D eigenvalue weighted by molar-refractivity contribution is -0.114. The first-order valence-corrected chi connectivity index (χ1v) is 5.53. The van der Waals surface area contributed by atoms with Crippen molar-refractivity contribution >= 4 is 0 Å². The molecule has 1 N–H and O–H groups in total. The van der Waals surface area contributed by atoms with Crippen LogP contribution in [-0.2, 0) is 9.47 Å². The Balaban J connectivity index is 1.83. The van der Waals surface area contributed by atoms with Crippen molar-refractivity contribution in [2.45, 2.75) is 18.5 Å². The summed E-state index contributed by atoms with van der Waals surface area (Å²) in [7, 11) is 0. The normalized spacial score (nSPS) is 33.9. The minimum absolute atomic E-state index is 0.0734. The second-order valence-corrected chi connectivity index (χ2v) is 4.19. The molecule has 2 aliphatic rings. The molecule has 2 bridgehead atoms. The molecule has 1 fully saturated rings. The smallest absolute Gasteiger partial charge is 0.167 e. The summed E-state index contributed by atoms with van der Waals surface area (Å²) in [4.78, 5) is 0. The Hall–Kier alpha value is -1.16. The zero-order valence-corrected chi connectivity index (χ0v) is 8.82. The molecule has 0 aliphatic carbocycles. The van der Waals surface area contributed by atoms with E-state index in [1.54, 1.807) is 0 Å². The Morgan fingerprint density at radius 2 is 2.00 bits per heavy atom. The standard InChI is InChI=1S/C13H14O3/c14-12(9-4-2-1-3-5-9)11-7-6-10-8-15-13(11)16-10/h1-7,10-14H,8H2/t10-,11-,12-,13+/m1/s1. The zero-order chi connectivity index (χ0) is 11.0. The fourth-order valence-electron chi connectivity index (χ4n) is 2.21. The van der Waals surface area contributed by atoms with Gasteiger partial charge in [-0.2, -0.15) is 0 Å². The van der Waals surface area contributed by atoms with Gasteiger partial charge in [0.15, 0.2) is 6.29 Å². The van der Waals surface area contributed by atoms with E-state index in [1.165, 1.54) is 0 Å². The van der Waals surface area contributed by atoms with Crippen molar-refractivity contribution in [3.63, 3.8) is 0 Å². The molecule has 1 aromatic carbocycles. The number of aliphatic hydroxyl groups is 1. The lowest BCUT2D eigenvalue weighted by atomic mass is 9.93. The average Bonchev–Trinajstić information content (AvgIpc) is 2.72. The second kappa shape index (κ2) is 4.01. The third kappa shape index (κ3) is 1.67. The highest BCUT2D eigenvalue weighted by atomic mass is 16.7. The number of hydrogen-bond donors (Lipinski definition) is 1. The van der Waals surface area contributed by atoms with E-state index in [4.69, 9.17) is 9.47 Å². The van der Waals surface area contributed by atoms with Gasteiger partial charge in [0.05, 0.1) is 18.6 Å². The summed E-state index contributed by atoms with van der Waals surface area (Å²) in [5.41, 5.74) is 0.898. The molecule has 2 aliphatic heterocycles. The molecule has 4 atom stereocenters. The first-order valence-electron chi connectivity index (χ1n) is 5.53. The van der Waals surface area contributed by atoms with Gasteiger partial charge in [-0.1, -0.05) is 42.5 Å². The Kier molecular flexibility index (Phi) is 2.52. The summed E-state index contributed by atoms with van der Waals surface area (Å²) in [6.07, 6.45) is 3.18. The molecule has 3 nitrogen and oxygen atoms in total. The molecule has 0 radical (unpaired) electrons. The van der Waals surface area contributed by atoms with E-state index in [0.29, 0.717) is 6.61 Å². The van der Waals surface area contributed by atoms with E-state index in [-0.39, 0.29) is 18.3 Å². The number of rotatable bonds is 2. The second-order valence-electron chi connectivity index (χ2n) is 4.19. The van der Waals surface area contributed by atoms with Gasteiger partial charge in [-0.05, 0) is 5.56 Å². The molecule has 0 aromatic heterocycles. The Bertz CT molecular complexity index is 387.